The summed E-state index contributed by atoms with van der Waals surface area (Å²) < 4.78 is 0. The Kier molecular flexibility index (Phi) is 5.66. The van der Waals surface area contributed by atoms with Crippen LogP contribution in [0.1, 0.15) is 52.9 Å². The fraction of sp³-hybridized carbons (Fsp3) is 1.00. The molecule has 1 nitrogen and oxygen atoms in total. The molecule has 90 valence electrons. The third-order valence-corrected chi connectivity index (χ3v) is 4.18. The van der Waals surface area contributed by atoms with Gasteiger partial charge in [-0.2, -0.15) is 0 Å². The molecule has 0 saturated heterocycles. The standard InChI is InChI=1S/C14H29N/c1-5-6-12-7-8-13(10-15-4)14(9-12)11(2)3/h11-15H,5-10H2,1-4H3. The lowest BCUT2D eigenvalue weighted by Crippen LogP contribution is -2.34. The molecule has 0 spiro atoms. The fourth-order valence-corrected chi connectivity index (χ4v) is 3.36. The Balaban J connectivity index is 2.49. The van der Waals surface area contributed by atoms with Gasteiger partial charge in [0.2, 0.25) is 0 Å². The minimum atomic E-state index is 0.864. The molecule has 1 N–H and O–H groups in total. The van der Waals surface area contributed by atoms with Crippen molar-refractivity contribution in [1.82, 2.24) is 5.32 Å². The van der Waals surface area contributed by atoms with Crippen LogP contribution >= 0.6 is 0 Å². The molecule has 0 heterocycles. The van der Waals surface area contributed by atoms with Crippen LogP contribution in [0.15, 0.2) is 0 Å². The fourth-order valence-electron chi connectivity index (χ4n) is 3.36. The molecule has 0 aromatic heterocycles. The lowest BCUT2D eigenvalue weighted by atomic mass is 9.68. The summed E-state index contributed by atoms with van der Waals surface area (Å²) in [5, 5.41) is 3.37. The van der Waals surface area contributed by atoms with E-state index < -0.39 is 0 Å². The average molecular weight is 211 g/mol. The number of hydrogen-bond donors (Lipinski definition) is 1. The Morgan fingerprint density at radius 2 is 2.00 bits per heavy atom. The molecule has 1 rings (SSSR count). The van der Waals surface area contributed by atoms with Crippen molar-refractivity contribution in [1.29, 1.82) is 0 Å². The molecule has 0 bridgehead atoms. The first-order chi connectivity index (χ1) is 7.19. The molecule has 0 radical (unpaired) electrons. The van der Waals surface area contributed by atoms with Crippen LogP contribution in [-0.2, 0) is 0 Å². The second kappa shape index (κ2) is 6.52. The average Bonchev–Trinajstić information content (AvgIpc) is 2.21. The summed E-state index contributed by atoms with van der Waals surface area (Å²) >= 11 is 0. The smallest absolute Gasteiger partial charge is 0.00208 e. The topological polar surface area (TPSA) is 12.0 Å². The van der Waals surface area contributed by atoms with Crippen molar-refractivity contribution in [3.8, 4) is 0 Å². The zero-order valence-electron chi connectivity index (χ0n) is 11.1. The zero-order chi connectivity index (χ0) is 11.3. The van der Waals surface area contributed by atoms with Crippen molar-refractivity contribution >= 4 is 0 Å². The maximum Gasteiger partial charge on any atom is -0.00208 e. The maximum absolute atomic E-state index is 3.37. The van der Waals surface area contributed by atoms with E-state index in [-0.39, 0.29) is 0 Å². The van der Waals surface area contributed by atoms with Gasteiger partial charge in [0.15, 0.2) is 0 Å². The van der Waals surface area contributed by atoms with Gasteiger partial charge in [-0.15, -0.1) is 0 Å². The lowest BCUT2D eigenvalue weighted by molar-refractivity contribution is 0.129. The van der Waals surface area contributed by atoms with Crippen LogP contribution in [0.4, 0.5) is 0 Å². The predicted molar refractivity (Wildman–Crippen MR) is 68.0 cm³/mol. The van der Waals surface area contributed by atoms with Crippen molar-refractivity contribution in [2.75, 3.05) is 13.6 Å². The van der Waals surface area contributed by atoms with Crippen LogP contribution in [0.5, 0.6) is 0 Å². The third kappa shape index (κ3) is 3.79. The molecule has 1 saturated carbocycles. The first-order valence-corrected chi connectivity index (χ1v) is 6.83. The van der Waals surface area contributed by atoms with Gasteiger partial charge in [-0.05, 0) is 50.1 Å². The lowest BCUT2D eigenvalue weighted by Gasteiger charge is -2.38. The summed E-state index contributed by atoms with van der Waals surface area (Å²) in [6.07, 6.45) is 7.23. The Morgan fingerprint density at radius 3 is 2.53 bits per heavy atom. The van der Waals surface area contributed by atoms with Gasteiger partial charge >= 0.3 is 0 Å². The monoisotopic (exact) mass is 211 g/mol. The van der Waals surface area contributed by atoms with Gasteiger partial charge in [0, 0.05) is 0 Å². The highest BCUT2D eigenvalue weighted by Crippen LogP contribution is 2.39. The van der Waals surface area contributed by atoms with Crippen LogP contribution in [0, 0.1) is 23.7 Å². The Hall–Kier alpha value is -0.0400. The van der Waals surface area contributed by atoms with E-state index in [4.69, 9.17) is 0 Å². The second-order valence-corrected chi connectivity index (χ2v) is 5.69. The van der Waals surface area contributed by atoms with Crippen LogP contribution in [0.2, 0.25) is 0 Å². The van der Waals surface area contributed by atoms with Gasteiger partial charge < -0.3 is 5.32 Å². The molecular formula is C14H29N. The molecule has 1 aliphatic carbocycles. The van der Waals surface area contributed by atoms with Crippen LogP contribution in [0.3, 0.4) is 0 Å². The summed E-state index contributed by atoms with van der Waals surface area (Å²) in [4.78, 5) is 0. The van der Waals surface area contributed by atoms with Gasteiger partial charge in [0.05, 0.1) is 0 Å². The van der Waals surface area contributed by atoms with Gasteiger partial charge in [-0.1, -0.05) is 40.0 Å². The van der Waals surface area contributed by atoms with E-state index in [0.717, 1.165) is 23.7 Å². The summed E-state index contributed by atoms with van der Waals surface area (Å²) in [6.45, 7) is 8.36. The second-order valence-electron chi connectivity index (χ2n) is 5.69. The van der Waals surface area contributed by atoms with Gasteiger partial charge in [-0.25, -0.2) is 0 Å². The molecule has 1 fully saturated rings. The molecule has 1 aliphatic rings. The maximum atomic E-state index is 3.37. The van der Waals surface area contributed by atoms with E-state index in [1.807, 2.05) is 0 Å². The highest BCUT2D eigenvalue weighted by molar-refractivity contribution is 4.82. The molecule has 3 unspecified atom stereocenters. The normalized spacial score (nSPS) is 32.2. The van der Waals surface area contributed by atoms with E-state index in [1.165, 1.54) is 38.6 Å². The van der Waals surface area contributed by atoms with Gasteiger partial charge in [0.1, 0.15) is 0 Å². The molecule has 15 heavy (non-hydrogen) atoms. The first kappa shape index (κ1) is 13.0. The number of rotatable bonds is 5. The van der Waals surface area contributed by atoms with Crippen molar-refractivity contribution < 1.29 is 0 Å². The quantitative estimate of drug-likeness (QED) is 0.731. The predicted octanol–water partition coefficient (Wildman–Crippen LogP) is 3.69. The number of hydrogen-bond acceptors (Lipinski definition) is 1. The largest absolute Gasteiger partial charge is 0.319 e. The summed E-state index contributed by atoms with van der Waals surface area (Å²) in [7, 11) is 2.09. The third-order valence-electron chi connectivity index (χ3n) is 4.18. The Morgan fingerprint density at radius 1 is 1.27 bits per heavy atom. The summed E-state index contributed by atoms with van der Waals surface area (Å²) in [6, 6.07) is 0. The van der Waals surface area contributed by atoms with Gasteiger partial charge in [-0.3, -0.25) is 0 Å². The first-order valence-electron chi connectivity index (χ1n) is 6.83. The summed E-state index contributed by atoms with van der Waals surface area (Å²) in [5.74, 6) is 3.78. The molecular weight excluding hydrogens is 182 g/mol. The van der Waals surface area contributed by atoms with Crippen molar-refractivity contribution in [3.63, 3.8) is 0 Å². The number of nitrogens with one attached hydrogen (secondary N) is 1. The Labute approximate surface area is 96.0 Å². The van der Waals surface area contributed by atoms with Crippen molar-refractivity contribution in [2.45, 2.75) is 52.9 Å². The minimum absolute atomic E-state index is 0.864. The van der Waals surface area contributed by atoms with E-state index in [2.05, 4.69) is 33.1 Å². The molecule has 0 aliphatic heterocycles. The highest BCUT2D eigenvalue weighted by atomic mass is 14.8. The van der Waals surface area contributed by atoms with E-state index in [9.17, 15) is 0 Å². The Bertz CT molecular complexity index is 165. The van der Waals surface area contributed by atoms with E-state index in [1.54, 1.807) is 0 Å². The molecule has 0 amide bonds. The van der Waals surface area contributed by atoms with Gasteiger partial charge in [0.25, 0.3) is 0 Å². The van der Waals surface area contributed by atoms with Crippen molar-refractivity contribution in [2.24, 2.45) is 23.7 Å². The SMILES string of the molecule is CCCC1CCC(CNC)C(C(C)C)C1. The van der Waals surface area contributed by atoms with Crippen LogP contribution < -0.4 is 5.32 Å². The molecule has 1 heteroatoms. The minimum Gasteiger partial charge on any atom is -0.319 e. The van der Waals surface area contributed by atoms with Crippen LogP contribution in [-0.4, -0.2) is 13.6 Å². The van der Waals surface area contributed by atoms with E-state index >= 15 is 0 Å². The van der Waals surface area contributed by atoms with E-state index in [0.29, 0.717) is 0 Å². The summed E-state index contributed by atoms with van der Waals surface area (Å²) in [5.41, 5.74) is 0. The van der Waals surface area contributed by atoms with Crippen molar-refractivity contribution in [3.05, 3.63) is 0 Å². The molecule has 0 aromatic carbocycles. The molecule has 0 aromatic rings. The van der Waals surface area contributed by atoms with Crippen LogP contribution in [0.25, 0.3) is 0 Å². The highest BCUT2D eigenvalue weighted by Gasteiger charge is 2.31. The zero-order valence-corrected chi connectivity index (χ0v) is 11.1. The molecule has 3 atom stereocenters.